The third kappa shape index (κ3) is 1.75. The highest BCUT2D eigenvalue weighted by Gasteiger charge is 2.29. The molecular weight excluding hydrogens is 282 g/mol. The Hall–Kier alpha value is -1.52. The van der Waals surface area contributed by atoms with E-state index in [9.17, 15) is 4.21 Å². The standard InChI is InChI=1S/C14H12ClNO2S/c1-16-9-5-3-4-6-12(9)19(17)14-10(16)7-8-11(18-2)13(14)15/h3-8H,1-2H3. The summed E-state index contributed by atoms with van der Waals surface area (Å²) in [5.41, 5.74) is 1.79. The molecule has 1 atom stereocenters. The van der Waals surface area contributed by atoms with Gasteiger partial charge in [-0.25, -0.2) is 4.21 Å². The molecule has 0 spiro atoms. The van der Waals surface area contributed by atoms with E-state index in [2.05, 4.69) is 0 Å². The van der Waals surface area contributed by atoms with Crippen molar-refractivity contribution < 1.29 is 8.95 Å². The minimum absolute atomic E-state index is 0.416. The predicted molar refractivity (Wildman–Crippen MR) is 77.2 cm³/mol. The molecule has 3 nitrogen and oxygen atoms in total. The van der Waals surface area contributed by atoms with Crippen molar-refractivity contribution in [2.24, 2.45) is 0 Å². The number of para-hydroxylation sites is 1. The number of nitrogens with zero attached hydrogens (tertiary/aromatic N) is 1. The number of methoxy groups -OCH3 is 1. The van der Waals surface area contributed by atoms with E-state index >= 15 is 0 Å². The molecule has 0 fully saturated rings. The maximum absolute atomic E-state index is 12.7. The zero-order valence-electron chi connectivity index (χ0n) is 10.5. The van der Waals surface area contributed by atoms with Crippen LogP contribution in [0.3, 0.4) is 0 Å². The largest absolute Gasteiger partial charge is 0.495 e. The Kier molecular flexibility index (Phi) is 2.99. The minimum atomic E-state index is -1.29. The minimum Gasteiger partial charge on any atom is -0.495 e. The molecule has 0 saturated heterocycles. The van der Waals surface area contributed by atoms with Gasteiger partial charge in [-0.05, 0) is 24.3 Å². The highest BCUT2D eigenvalue weighted by Crippen LogP contribution is 2.46. The molecular formula is C14H12ClNO2S. The van der Waals surface area contributed by atoms with Gasteiger partial charge in [-0.1, -0.05) is 23.7 Å². The highest BCUT2D eigenvalue weighted by molar-refractivity contribution is 7.85. The second kappa shape index (κ2) is 4.54. The Morgan fingerprint density at radius 2 is 1.89 bits per heavy atom. The monoisotopic (exact) mass is 293 g/mol. The van der Waals surface area contributed by atoms with Gasteiger partial charge in [0.05, 0.1) is 39.1 Å². The molecule has 0 radical (unpaired) electrons. The summed E-state index contributed by atoms with van der Waals surface area (Å²) in [5, 5.41) is 0.416. The number of anilines is 2. The molecule has 0 aromatic heterocycles. The third-order valence-electron chi connectivity index (χ3n) is 3.23. The van der Waals surface area contributed by atoms with Crippen LogP contribution in [0.2, 0.25) is 5.02 Å². The normalized spacial score (nSPS) is 16.8. The molecule has 5 heteroatoms. The Morgan fingerprint density at radius 3 is 2.63 bits per heavy atom. The van der Waals surface area contributed by atoms with Gasteiger partial charge in [0.1, 0.15) is 10.8 Å². The summed E-state index contributed by atoms with van der Waals surface area (Å²) in [5.74, 6) is 0.543. The Morgan fingerprint density at radius 1 is 1.16 bits per heavy atom. The lowest BCUT2D eigenvalue weighted by Crippen LogP contribution is -2.19. The third-order valence-corrected chi connectivity index (χ3v) is 5.25. The molecule has 1 unspecified atom stereocenters. The van der Waals surface area contributed by atoms with E-state index in [0.29, 0.717) is 15.7 Å². The summed E-state index contributed by atoms with van der Waals surface area (Å²) in [6.45, 7) is 0. The number of benzene rings is 2. The summed E-state index contributed by atoms with van der Waals surface area (Å²) < 4.78 is 17.9. The number of fused-ring (bicyclic) bond motifs is 2. The number of halogens is 1. The van der Waals surface area contributed by atoms with Gasteiger partial charge in [0.15, 0.2) is 0 Å². The van der Waals surface area contributed by atoms with Crippen molar-refractivity contribution in [1.82, 2.24) is 0 Å². The first kappa shape index (κ1) is 12.5. The van der Waals surface area contributed by atoms with Crippen LogP contribution in [-0.2, 0) is 10.8 Å². The number of hydrogen-bond donors (Lipinski definition) is 0. The summed E-state index contributed by atoms with van der Waals surface area (Å²) in [4.78, 5) is 3.38. The summed E-state index contributed by atoms with van der Waals surface area (Å²) in [6, 6.07) is 11.3. The van der Waals surface area contributed by atoms with Gasteiger partial charge in [-0.2, -0.15) is 0 Å². The molecule has 0 N–H and O–H groups in total. The second-order valence-corrected chi connectivity index (χ2v) is 5.99. The van der Waals surface area contributed by atoms with Crippen LogP contribution in [0, 0.1) is 0 Å². The Balaban J connectivity index is 2.30. The lowest BCUT2D eigenvalue weighted by Gasteiger charge is -2.30. The predicted octanol–water partition coefficient (Wildman–Crippen LogP) is 3.60. The molecule has 0 amide bonds. The first-order valence-corrected chi connectivity index (χ1v) is 7.29. The van der Waals surface area contributed by atoms with Gasteiger partial charge in [0.2, 0.25) is 0 Å². The van der Waals surface area contributed by atoms with Gasteiger partial charge < -0.3 is 9.64 Å². The van der Waals surface area contributed by atoms with Crippen molar-refractivity contribution in [3.63, 3.8) is 0 Å². The van der Waals surface area contributed by atoms with Crippen molar-refractivity contribution in [2.75, 3.05) is 19.1 Å². The number of rotatable bonds is 1. The van der Waals surface area contributed by atoms with Gasteiger partial charge in [-0.15, -0.1) is 0 Å². The van der Waals surface area contributed by atoms with Gasteiger partial charge >= 0.3 is 0 Å². The molecule has 3 rings (SSSR count). The van der Waals surface area contributed by atoms with E-state index in [1.807, 2.05) is 42.3 Å². The SMILES string of the molecule is COc1ccc2c(c1Cl)S(=O)c1ccccc1N2C. The average molecular weight is 294 g/mol. The van der Waals surface area contributed by atoms with Crippen molar-refractivity contribution >= 4 is 33.8 Å². The summed E-state index contributed by atoms with van der Waals surface area (Å²) in [7, 11) is 2.21. The average Bonchev–Trinajstić information content (AvgIpc) is 2.44. The lowest BCUT2D eigenvalue weighted by molar-refractivity contribution is 0.414. The summed E-state index contributed by atoms with van der Waals surface area (Å²) >= 11 is 6.31. The van der Waals surface area contributed by atoms with Crippen LogP contribution in [0.4, 0.5) is 11.4 Å². The van der Waals surface area contributed by atoms with E-state index in [-0.39, 0.29) is 0 Å². The van der Waals surface area contributed by atoms with Crippen LogP contribution in [0.1, 0.15) is 0 Å². The van der Waals surface area contributed by atoms with Crippen LogP contribution < -0.4 is 9.64 Å². The summed E-state index contributed by atoms with van der Waals surface area (Å²) in [6.07, 6.45) is 0. The molecule has 2 aromatic carbocycles. The van der Waals surface area contributed by atoms with E-state index in [4.69, 9.17) is 16.3 Å². The van der Waals surface area contributed by atoms with Crippen LogP contribution >= 0.6 is 11.6 Å². The van der Waals surface area contributed by atoms with E-state index in [1.165, 1.54) is 0 Å². The number of ether oxygens (including phenoxy) is 1. The Bertz CT molecular complexity index is 687. The maximum atomic E-state index is 12.7. The topological polar surface area (TPSA) is 29.5 Å². The maximum Gasteiger partial charge on any atom is 0.138 e. The van der Waals surface area contributed by atoms with Crippen molar-refractivity contribution in [3.8, 4) is 5.75 Å². The lowest BCUT2D eigenvalue weighted by atomic mass is 10.2. The molecule has 19 heavy (non-hydrogen) atoms. The molecule has 1 aliphatic rings. The van der Waals surface area contributed by atoms with E-state index in [0.717, 1.165) is 16.3 Å². The molecule has 0 bridgehead atoms. The molecule has 1 heterocycles. The highest BCUT2D eigenvalue weighted by atomic mass is 35.5. The van der Waals surface area contributed by atoms with Crippen molar-refractivity contribution in [2.45, 2.75) is 9.79 Å². The van der Waals surface area contributed by atoms with Gasteiger partial charge in [0, 0.05) is 7.05 Å². The zero-order chi connectivity index (χ0) is 13.6. The molecule has 0 saturated carbocycles. The second-order valence-electron chi connectivity index (χ2n) is 4.23. The van der Waals surface area contributed by atoms with Crippen LogP contribution in [0.25, 0.3) is 0 Å². The smallest absolute Gasteiger partial charge is 0.138 e. The van der Waals surface area contributed by atoms with Gasteiger partial charge in [0.25, 0.3) is 0 Å². The number of hydrogen-bond acceptors (Lipinski definition) is 3. The fourth-order valence-electron chi connectivity index (χ4n) is 2.26. The molecule has 98 valence electrons. The fraction of sp³-hybridized carbons (Fsp3) is 0.143. The van der Waals surface area contributed by atoms with Gasteiger partial charge in [-0.3, -0.25) is 0 Å². The Labute approximate surface area is 119 Å². The first-order chi connectivity index (χ1) is 9.15. The fourth-order valence-corrected chi connectivity index (χ4v) is 4.18. The van der Waals surface area contributed by atoms with E-state index in [1.54, 1.807) is 13.2 Å². The van der Waals surface area contributed by atoms with Crippen LogP contribution in [0.15, 0.2) is 46.2 Å². The molecule has 0 aliphatic carbocycles. The molecule has 1 aliphatic heterocycles. The molecule has 2 aromatic rings. The van der Waals surface area contributed by atoms with Crippen molar-refractivity contribution in [3.05, 3.63) is 41.4 Å². The van der Waals surface area contributed by atoms with E-state index < -0.39 is 10.8 Å². The van der Waals surface area contributed by atoms with Crippen LogP contribution in [-0.4, -0.2) is 18.4 Å². The van der Waals surface area contributed by atoms with Crippen molar-refractivity contribution in [1.29, 1.82) is 0 Å². The first-order valence-electron chi connectivity index (χ1n) is 5.76. The zero-order valence-corrected chi connectivity index (χ0v) is 12.1. The van der Waals surface area contributed by atoms with Crippen LogP contribution in [0.5, 0.6) is 5.75 Å². The quantitative estimate of drug-likeness (QED) is 0.804.